The summed E-state index contributed by atoms with van der Waals surface area (Å²) in [5, 5.41) is 4.03. The van der Waals surface area contributed by atoms with Gasteiger partial charge in [0.15, 0.2) is 11.5 Å². The van der Waals surface area contributed by atoms with Crippen LogP contribution in [0.2, 0.25) is 5.02 Å². The van der Waals surface area contributed by atoms with E-state index in [-0.39, 0.29) is 0 Å². The first-order chi connectivity index (χ1) is 13.7. The van der Waals surface area contributed by atoms with Crippen LogP contribution in [0.3, 0.4) is 0 Å². The monoisotopic (exact) mass is 385 g/mol. The molecular weight excluding hydrogens is 370 g/mol. The summed E-state index contributed by atoms with van der Waals surface area (Å²) in [6.45, 7) is 2.01. The number of imidazole rings is 1. The predicted molar refractivity (Wildman–Crippen MR) is 113 cm³/mol. The number of aromatic nitrogens is 4. The van der Waals surface area contributed by atoms with Gasteiger partial charge >= 0.3 is 0 Å². The topological polar surface area (TPSA) is 55.1 Å². The Kier molecular flexibility index (Phi) is 3.95. The quantitative estimate of drug-likeness (QED) is 0.436. The van der Waals surface area contributed by atoms with Crippen LogP contribution in [0.15, 0.2) is 73.2 Å². The molecule has 1 N–H and O–H groups in total. The number of anilines is 2. The highest BCUT2D eigenvalue weighted by Gasteiger charge is 2.13. The molecule has 0 radical (unpaired) electrons. The van der Waals surface area contributed by atoms with E-state index in [9.17, 15) is 0 Å². The number of nitrogens with one attached hydrogen (secondary N) is 1. The molecule has 5 aromatic rings. The number of hydrogen-bond donors (Lipinski definition) is 1. The van der Waals surface area contributed by atoms with E-state index < -0.39 is 0 Å². The highest BCUT2D eigenvalue weighted by molar-refractivity contribution is 6.33. The van der Waals surface area contributed by atoms with Crippen molar-refractivity contribution in [2.75, 3.05) is 5.32 Å². The lowest BCUT2D eigenvalue weighted by molar-refractivity contribution is 1.14. The van der Waals surface area contributed by atoms with Gasteiger partial charge in [-0.25, -0.2) is 15.0 Å². The molecule has 0 unspecified atom stereocenters. The maximum absolute atomic E-state index is 6.39. The van der Waals surface area contributed by atoms with E-state index in [0.29, 0.717) is 10.8 Å². The van der Waals surface area contributed by atoms with E-state index >= 15 is 0 Å². The second-order valence-electron chi connectivity index (χ2n) is 6.57. The maximum Gasteiger partial charge on any atom is 0.165 e. The number of halogens is 1. The van der Waals surface area contributed by atoms with Crippen LogP contribution < -0.4 is 5.32 Å². The average Bonchev–Trinajstić information content (AvgIpc) is 3.22. The largest absolute Gasteiger partial charge is 0.337 e. The van der Waals surface area contributed by atoms with Crippen LogP contribution in [0, 0.1) is 6.92 Å². The molecule has 5 nitrogen and oxygen atoms in total. The Morgan fingerprint density at radius 2 is 1.79 bits per heavy atom. The first kappa shape index (κ1) is 16.7. The number of para-hydroxylation sites is 1. The Balaban J connectivity index is 1.69. The number of nitrogens with zero attached hydrogens (tertiary/aromatic N) is 4. The van der Waals surface area contributed by atoms with Gasteiger partial charge in [0.2, 0.25) is 0 Å². The van der Waals surface area contributed by atoms with Crippen molar-refractivity contribution in [3.63, 3.8) is 0 Å². The van der Waals surface area contributed by atoms with Crippen molar-refractivity contribution in [2.45, 2.75) is 6.92 Å². The smallest absolute Gasteiger partial charge is 0.165 e. The fourth-order valence-electron chi connectivity index (χ4n) is 3.29. The fraction of sp³-hybridized carbons (Fsp3) is 0.0455. The fourth-order valence-corrected chi connectivity index (χ4v) is 3.56. The van der Waals surface area contributed by atoms with E-state index in [2.05, 4.69) is 10.3 Å². The van der Waals surface area contributed by atoms with Gasteiger partial charge in [0.25, 0.3) is 0 Å². The van der Waals surface area contributed by atoms with Crippen molar-refractivity contribution < 1.29 is 0 Å². The zero-order valence-electron chi connectivity index (χ0n) is 15.1. The second-order valence-corrected chi connectivity index (χ2v) is 6.98. The highest BCUT2D eigenvalue weighted by atomic mass is 35.5. The normalized spacial score (nSPS) is 11.2. The van der Waals surface area contributed by atoms with Crippen LogP contribution in [0.1, 0.15) is 5.56 Å². The second kappa shape index (κ2) is 6.62. The van der Waals surface area contributed by atoms with Crippen molar-refractivity contribution in [3.8, 4) is 11.3 Å². The zero-order valence-corrected chi connectivity index (χ0v) is 15.9. The van der Waals surface area contributed by atoms with Gasteiger partial charge in [-0.05, 0) is 30.7 Å². The summed E-state index contributed by atoms with van der Waals surface area (Å²) in [6, 6.07) is 19.9. The maximum atomic E-state index is 6.39. The number of aryl methyl sites for hydroxylation is 1. The molecule has 0 spiro atoms. The van der Waals surface area contributed by atoms with E-state index in [1.165, 1.54) is 0 Å². The number of rotatable bonds is 3. The average molecular weight is 386 g/mol. The Morgan fingerprint density at radius 1 is 0.929 bits per heavy atom. The molecule has 0 atom stereocenters. The molecule has 0 fully saturated rings. The van der Waals surface area contributed by atoms with Crippen LogP contribution in [0.25, 0.3) is 27.9 Å². The molecule has 5 rings (SSSR count). The van der Waals surface area contributed by atoms with E-state index in [0.717, 1.165) is 39.2 Å². The molecule has 0 aliphatic carbocycles. The zero-order chi connectivity index (χ0) is 19.1. The molecule has 0 amide bonds. The van der Waals surface area contributed by atoms with Gasteiger partial charge in [0.1, 0.15) is 17.4 Å². The molecule has 0 aliphatic rings. The molecule has 28 heavy (non-hydrogen) atoms. The van der Waals surface area contributed by atoms with Crippen molar-refractivity contribution in [1.29, 1.82) is 0 Å². The third-order valence-electron chi connectivity index (χ3n) is 4.73. The minimum atomic E-state index is 0.650. The number of fused-ring (bicyclic) bond motifs is 3. The number of pyridine rings is 1. The minimum absolute atomic E-state index is 0.650. The van der Waals surface area contributed by atoms with Crippen molar-refractivity contribution in [2.24, 2.45) is 0 Å². The lowest BCUT2D eigenvalue weighted by Gasteiger charge is -2.13. The summed E-state index contributed by atoms with van der Waals surface area (Å²) >= 11 is 6.39. The summed E-state index contributed by atoms with van der Waals surface area (Å²) in [5.74, 6) is 0.690. The van der Waals surface area contributed by atoms with Gasteiger partial charge in [-0.3, -0.25) is 4.40 Å². The molecule has 0 saturated heterocycles. The Morgan fingerprint density at radius 3 is 2.61 bits per heavy atom. The van der Waals surface area contributed by atoms with Crippen molar-refractivity contribution >= 4 is 39.8 Å². The molecule has 0 saturated carbocycles. The SMILES string of the molecule is Cc1cccc(Cl)c1Nc1nc2ccc(-c3ccccc3)nc2n2cncc12. The number of benzene rings is 2. The highest BCUT2D eigenvalue weighted by Crippen LogP contribution is 2.31. The van der Waals surface area contributed by atoms with Crippen LogP contribution in [0.5, 0.6) is 0 Å². The summed E-state index contributed by atoms with van der Waals surface area (Å²) in [4.78, 5) is 13.9. The molecule has 6 heteroatoms. The first-order valence-electron chi connectivity index (χ1n) is 8.91. The number of hydrogen-bond acceptors (Lipinski definition) is 4. The molecule has 136 valence electrons. The Bertz CT molecular complexity index is 1290. The van der Waals surface area contributed by atoms with Gasteiger partial charge in [-0.1, -0.05) is 54.1 Å². The lowest BCUT2D eigenvalue weighted by atomic mass is 10.1. The van der Waals surface area contributed by atoms with Gasteiger partial charge < -0.3 is 5.32 Å². The van der Waals surface area contributed by atoms with Crippen LogP contribution in [0.4, 0.5) is 11.5 Å². The van der Waals surface area contributed by atoms with Gasteiger partial charge in [-0.15, -0.1) is 0 Å². The van der Waals surface area contributed by atoms with Gasteiger partial charge in [0, 0.05) is 5.56 Å². The predicted octanol–water partition coefficient (Wildman–Crippen LogP) is 5.65. The van der Waals surface area contributed by atoms with E-state index in [1.54, 1.807) is 12.5 Å². The summed E-state index contributed by atoms with van der Waals surface area (Å²) < 4.78 is 1.95. The molecule has 0 bridgehead atoms. The minimum Gasteiger partial charge on any atom is -0.337 e. The Hall–Kier alpha value is -3.44. The van der Waals surface area contributed by atoms with Crippen LogP contribution in [-0.4, -0.2) is 19.4 Å². The third kappa shape index (κ3) is 2.77. The standard InChI is InChI=1S/C22H16ClN5/c1-14-6-5-9-16(23)20(14)27-21-19-12-24-13-28(19)22-18(25-21)11-10-17(26-22)15-7-3-2-4-8-15/h2-13H,1H3,(H,25,27). The van der Waals surface area contributed by atoms with Crippen molar-refractivity contribution in [3.05, 3.63) is 83.8 Å². The summed E-state index contributed by atoms with van der Waals surface area (Å²) in [6.07, 6.45) is 3.53. The molecule has 2 aromatic carbocycles. The van der Waals surface area contributed by atoms with Crippen LogP contribution in [-0.2, 0) is 0 Å². The summed E-state index contributed by atoms with van der Waals surface area (Å²) in [5.41, 5.74) is 6.22. The molecule has 3 aromatic heterocycles. The van der Waals surface area contributed by atoms with Crippen LogP contribution >= 0.6 is 11.6 Å². The molecule has 0 aliphatic heterocycles. The Labute approximate surface area is 166 Å². The molecular formula is C22H16ClN5. The van der Waals surface area contributed by atoms with Gasteiger partial charge in [0.05, 0.1) is 22.6 Å². The van der Waals surface area contributed by atoms with Crippen molar-refractivity contribution in [1.82, 2.24) is 19.4 Å². The third-order valence-corrected chi connectivity index (χ3v) is 5.05. The lowest BCUT2D eigenvalue weighted by Crippen LogP contribution is -2.02. The van der Waals surface area contributed by atoms with E-state index in [4.69, 9.17) is 21.6 Å². The van der Waals surface area contributed by atoms with E-state index in [1.807, 2.05) is 72.0 Å². The summed E-state index contributed by atoms with van der Waals surface area (Å²) in [7, 11) is 0. The molecule has 3 heterocycles. The first-order valence-corrected chi connectivity index (χ1v) is 9.29. The van der Waals surface area contributed by atoms with Gasteiger partial charge in [-0.2, -0.15) is 0 Å².